The van der Waals surface area contributed by atoms with E-state index in [2.05, 4.69) is 5.32 Å². The average Bonchev–Trinajstić information content (AvgIpc) is 2.75. The first-order chi connectivity index (χ1) is 8.58. The van der Waals surface area contributed by atoms with Crippen LogP contribution in [0.3, 0.4) is 0 Å². The van der Waals surface area contributed by atoms with Gasteiger partial charge in [-0.1, -0.05) is 11.8 Å². The van der Waals surface area contributed by atoms with Crippen molar-refractivity contribution in [1.29, 1.82) is 0 Å². The number of rotatable bonds is 3. The summed E-state index contributed by atoms with van der Waals surface area (Å²) in [5.41, 5.74) is 0.240. The third kappa shape index (κ3) is 2.67. The molecule has 0 bridgehead atoms. The fourth-order valence-corrected chi connectivity index (χ4v) is 2.54. The van der Waals surface area contributed by atoms with Gasteiger partial charge in [0.25, 0.3) is 11.6 Å². The van der Waals surface area contributed by atoms with Gasteiger partial charge in [-0.05, 0) is 18.6 Å². The summed E-state index contributed by atoms with van der Waals surface area (Å²) in [5.74, 6) is 0.329. The minimum atomic E-state index is -0.529. The highest BCUT2D eigenvalue weighted by Gasteiger charge is 2.27. The molecule has 6 nitrogen and oxygen atoms in total. The topological polar surface area (TPSA) is 89.3 Å². The van der Waals surface area contributed by atoms with E-state index in [9.17, 15) is 19.7 Å². The lowest BCUT2D eigenvalue weighted by molar-refractivity contribution is -0.384. The maximum absolute atomic E-state index is 11.8. The van der Waals surface area contributed by atoms with Gasteiger partial charge in [-0.25, -0.2) is 0 Å². The molecule has 0 aliphatic carbocycles. The zero-order chi connectivity index (χ0) is 13.1. The highest BCUT2D eigenvalue weighted by molar-refractivity contribution is 8.14. The van der Waals surface area contributed by atoms with Crippen molar-refractivity contribution in [3.63, 3.8) is 0 Å². The lowest BCUT2D eigenvalue weighted by Crippen LogP contribution is -2.37. The molecule has 1 saturated heterocycles. The Morgan fingerprint density at radius 3 is 2.56 bits per heavy atom. The van der Waals surface area contributed by atoms with E-state index in [0.717, 1.165) is 0 Å². The number of carbonyl (C=O) groups is 2. The standard InChI is InChI=1S/C11H10N2O4S/c14-10(12-9-5-6-18-11(9)15)7-1-3-8(4-2-7)13(16)17/h1-4,9H,5-6H2,(H,12,14)/t9-/m0/s1. The van der Waals surface area contributed by atoms with Crippen LogP contribution in [0.5, 0.6) is 0 Å². The average molecular weight is 266 g/mol. The van der Waals surface area contributed by atoms with Crippen LogP contribution in [0.25, 0.3) is 0 Å². The number of hydrogen-bond donors (Lipinski definition) is 1. The molecule has 1 aromatic rings. The molecule has 18 heavy (non-hydrogen) atoms. The van der Waals surface area contributed by atoms with Crippen LogP contribution in [0, 0.1) is 10.1 Å². The first kappa shape index (κ1) is 12.6. The van der Waals surface area contributed by atoms with Gasteiger partial charge in [-0.2, -0.15) is 0 Å². The molecule has 0 radical (unpaired) electrons. The molecular formula is C11H10N2O4S. The SMILES string of the molecule is O=C(N[C@H]1CCSC1=O)c1ccc([N+](=O)[O-])cc1. The summed E-state index contributed by atoms with van der Waals surface area (Å²) in [4.78, 5) is 33.1. The lowest BCUT2D eigenvalue weighted by atomic mass is 10.1. The number of amides is 1. The number of nitro benzene ring substituents is 1. The molecule has 0 saturated carbocycles. The van der Waals surface area contributed by atoms with Crippen molar-refractivity contribution in [2.24, 2.45) is 0 Å². The molecular weight excluding hydrogens is 256 g/mol. The van der Waals surface area contributed by atoms with Crippen molar-refractivity contribution in [2.75, 3.05) is 5.75 Å². The van der Waals surface area contributed by atoms with Crippen LogP contribution in [0.2, 0.25) is 0 Å². The number of benzene rings is 1. The number of nitrogens with zero attached hydrogens (tertiary/aromatic N) is 1. The Hall–Kier alpha value is -1.89. The van der Waals surface area contributed by atoms with Gasteiger partial charge in [-0.3, -0.25) is 19.7 Å². The zero-order valence-electron chi connectivity index (χ0n) is 9.29. The van der Waals surface area contributed by atoms with Crippen molar-refractivity contribution < 1.29 is 14.5 Å². The highest BCUT2D eigenvalue weighted by Crippen LogP contribution is 2.20. The second-order valence-corrected chi connectivity index (χ2v) is 4.89. The van der Waals surface area contributed by atoms with Gasteiger partial charge in [0.1, 0.15) is 0 Å². The van der Waals surface area contributed by atoms with Gasteiger partial charge in [0, 0.05) is 23.4 Å². The molecule has 1 heterocycles. The van der Waals surface area contributed by atoms with E-state index in [-0.39, 0.29) is 16.7 Å². The molecule has 1 N–H and O–H groups in total. The van der Waals surface area contributed by atoms with Crippen molar-refractivity contribution in [3.8, 4) is 0 Å². The Morgan fingerprint density at radius 1 is 1.39 bits per heavy atom. The molecule has 1 atom stereocenters. The molecule has 0 unspecified atom stereocenters. The normalized spacial score (nSPS) is 18.7. The van der Waals surface area contributed by atoms with E-state index >= 15 is 0 Å². The maximum atomic E-state index is 11.8. The van der Waals surface area contributed by atoms with Crippen LogP contribution in [-0.4, -0.2) is 27.7 Å². The molecule has 0 aromatic heterocycles. The van der Waals surface area contributed by atoms with Crippen LogP contribution < -0.4 is 5.32 Å². The molecule has 1 aliphatic rings. The summed E-state index contributed by atoms with van der Waals surface area (Å²) in [6.45, 7) is 0. The first-order valence-electron chi connectivity index (χ1n) is 5.30. The smallest absolute Gasteiger partial charge is 0.269 e. The predicted octanol–water partition coefficient (Wildman–Crippen LogP) is 1.36. The van der Waals surface area contributed by atoms with Gasteiger partial charge in [0.2, 0.25) is 5.12 Å². The van der Waals surface area contributed by atoms with Crippen LogP contribution in [-0.2, 0) is 4.79 Å². The Morgan fingerprint density at radius 2 is 2.06 bits per heavy atom. The fourth-order valence-electron chi connectivity index (χ4n) is 1.60. The predicted molar refractivity (Wildman–Crippen MR) is 66.4 cm³/mol. The quantitative estimate of drug-likeness (QED) is 0.659. The molecule has 1 fully saturated rings. The summed E-state index contributed by atoms with van der Waals surface area (Å²) in [7, 11) is 0. The van der Waals surface area contributed by atoms with E-state index in [1.54, 1.807) is 0 Å². The molecule has 1 aromatic carbocycles. The van der Waals surface area contributed by atoms with Crippen molar-refractivity contribution in [2.45, 2.75) is 12.5 Å². The summed E-state index contributed by atoms with van der Waals surface area (Å²) >= 11 is 1.21. The summed E-state index contributed by atoms with van der Waals surface area (Å²) in [6, 6.07) is 4.83. The minimum absolute atomic E-state index is 0.0368. The zero-order valence-corrected chi connectivity index (χ0v) is 10.1. The second-order valence-electron chi connectivity index (χ2n) is 3.79. The van der Waals surface area contributed by atoms with Gasteiger partial charge in [0.15, 0.2) is 0 Å². The van der Waals surface area contributed by atoms with E-state index in [4.69, 9.17) is 0 Å². The third-order valence-corrected chi connectivity index (χ3v) is 3.59. The van der Waals surface area contributed by atoms with Gasteiger partial charge < -0.3 is 5.32 Å². The van der Waals surface area contributed by atoms with Crippen LogP contribution in [0.1, 0.15) is 16.8 Å². The van der Waals surface area contributed by atoms with Crippen molar-refractivity contribution >= 4 is 28.5 Å². The summed E-state index contributed by atoms with van der Waals surface area (Å²) < 4.78 is 0. The van der Waals surface area contributed by atoms with Gasteiger partial charge in [-0.15, -0.1) is 0 Å². The number of carbonyl (C=O) groups excluding carboxylic acids is 2. The van der Waals surface area contributed by atoms with E-state index in [1.807, 2.05) is 0 Å². The van der Waals surface area contributed by atoms with Crippen LogP contribution in [0.15, 0.2) is 24.3 Å². The Balaban J connectivity index is 2.04. The monoisotopic (exact) mass is 266 g/mol. The molecule has 1 aliphatic heterocycles. The highest BCUT2D eigenvalue weighted by atomic mass is 32.2. The van der Waals surface area contributed by atoms with Crippen LogP contribution >= 0.6 is 11.8 Å². The lowest BCUT2D eigenvalue weighted by Gasteiger charge is -2.09. The number of hydrogen-bond acceptors (Lipinski definition) is 5. The maximum Gasteiger partial charge on any atom is 0.269 e. The number of nitrogens with one attached hydrogen (secondary N) is 1. The van der Waals surface area contributed by atoms with Gasteiger partial charge in [0.05, 0.1) is 11.0 Å². The van der Waals surface area contributed by atoms with Gasteiger partial charge >= 0.3 is 0 Å². The first-order valence-corrected chi connectivity index (χ1v) is 6.28. The van der Waals surface area contributed by atoms with E-state index in [0.29, 0.717) is 17.7 Å². The second kappa shape index (κ2) is 5.18. The van der Waals surface area contributed by atoms with E-state index in [1.165, 1.54) is 36.0 Å². The molecule has 7 heteroatoms. The number of non-ortho nitro benzene ring substituents is 1. The molecule has 1 amide bonds. The summed E-state index contributed by atoms with van der Waals surface area (Å²) in [5, 5.41) is 13.0. The molecule has 94 valence electrons. The van der Waals surface area contributed by atoms with E-state index < -0.39 is 11.0 Å². The summed E-state index contributed by atoms with van der Waals surface area (Å²) in [6.07, 6.45) is 0.627. The third-order valence-electron chi connectivity index (χ3n) is 2.58. The Labute approximate surface area is 107 Å². The fraction of sp³-hybridized carbons (Fsp3) is 0.273. The number of nitro groups is 1. The Kier molecular flexibility index (Phi) is 3.61. The Bertz CT molecular complexity index is 500. The molecule has 0 spiro atoms. The van der Waals surface area contributed by atoms with Crippen molar-refractivity contribution in [3.05, 3.63) is 39.9 Å². The minimum Gasteiger partial charge on any atom is -0.341 e. The number of thioether (sulfide) groups is 1. The van der Waals surface area contributed by atoms with Crippen LogP contribution in [0.4, 0.5) is 5.69 Å². The van der Waals surface area contributed by atoms with Crippen molar-refractivity contribution in [1.82, 2.24) is 5.32 Å². The molecule has 2 rings (SSSR count). The largest absolute Gasteiger partial charge is 0.341 e.